The Labute approximate surface area is 205 Å². The number of carbonyl (C=O) groups excluding carboxylic acids is 2. The van der Waals surface area contributed by atoms with Crippen molar-refractivity contribution in [3.8, 4) is 5.75 Å². The van der Waals surface area contributed by atoms with Gasteiger partial charge < -0.3 is 15.2 Å². The van der Waals surface area contributed by atoms with E-state index in [9.17, 15) is 28.3 Å². The molecule has 10 nitrogen and oxygen atoms in total. The summed E-state index contributed by atoms with van der Waals surface area (Å²) in [5.74, 6) is -1.05. The van der Waals surface area contributed by atoms with Crippen molar-refractivity contribution in [2.75, 3.05) is 7.11 Å². The molecule has 12 heteroatoms. The van der Waals surface area contributed by atoms with Crippen molar-refractivity contribution in [2.45, 2.75) is 30.1 Å². The minimum absolute atomic E-state index is 0.124. The van der Waals surface area contributed by atoms with Crippen molar-refractivity contribution in [1.82, 2.24) is 15.1 Å². The summed E-state index contributed by atoms with van der Waals surface area (Å²) in [6.45, 7) is 0.0135. The van der Waals surface area contributed by atoms with Gasteiger partial charge in [-0.25, -0.2) is 13.9 Å². The Morgan fingerprint density at radius 2 is 1.83 bits per heavy atom. The van der Waals surface area contributed by atoms with E-state index in [2.05, 4.69) is 5.32 Å². The van der Waals surface area contributed by atoms with Gasteiger partial charge in [0.2, 0.25) is 10.0 Å². The molecule has 1 aliphatic rings. The molecule has 0 saturated carbocycles. The van der Waals surface area contributed by atoms with E-state index in [-0.39, 0.29) is 27.7 Å². The third-order valence-corrected chi connectivity index (χ3v) is 8.70. The van der Waals surface area contributed by atoms with Crippen LogP contribution in [0, 0.1) is 0 Å². The van der Waals surface area contributed by atoms with Gasteiger partial charge in [0.25, 0.3) is 11.8 Å². The average Bonchev–Trinajstić information content (AvgIpc) is 3.32. The first-order chi connectivity index (χ1) is 16.8. The first kappa shape index (κ1) is 24.8. The summed E-state index contributed by atoms with van der Waals surface area (Å²) in [7, 11) is -2.83. The summed E-state index contributed by atoms with van der Waals surface area (Å²) < 4.78 is 32.7. The number of carbonyl (C=O) groups is 2. The molecule has 0 bridgehead atoms. The molecule has 4 N–H and O–H groups in total. The molecule has 1 aliphatic heterocycles. The lowest BCUT2D eigenvalue weighted by atomic mass is 10.0. The molecule has 2 heterocycles. The first-order valence-electron chi connectivity index (χ1n) is 10.5. The van der Waals surface area contributed by atoms with Gasteiger partial charge in [-0.05, 0) is 41.5 Å². The average molecular weight is 518 g/mol. The maximum absolute atomic E-state index is 13.4. The Morgan fingerprint density at radius 1 is 1.14 bits per heavy atom. The van der Waals surface area contributed by atoms with Crippen LogP contribution in [0.25, 0.3) is 0 Å². The molecule has 3 aromatic rings. The number of thiophene rings is 1. The molecular formula is C23H23N3O7S2. The Hall–Kier alpha value is -3.29. The minimum atomic E-state index is -4.27. The minimum Gasteiger partial charge on any atom is -0.497 e. The molecule has 1 aromatic heterocycles. The fourth-order valence-electron chi connectivity index (χ4n) is 3.82. The number of nitrogens with one attached hydrogen (secondary N) is 2. The summed E-state index contributed by atoms with van der Waals surface area (Å²) in [6.07, 6.45) is -1.60. The predicted molar refractivity (Wildman–Crippen MR) is 126 cm³/mol. The maximum Gasteiger partial charge on any atom is 0.264 e. The molecule has 4 rings (SSSR count). The van der Waals surface area contributed by atoms with Crippen molar-refractivity contribution in [3.05, 3.63) is 81.5 Å². The third kappa shape index (κ3) is 4.92. The van der Waals surface area contributed by atoms with E-state index in [4.69, 9.17) is 4.74 Å². The van der Waals surface area contributed by atoms with Crippen LogP contribution in [0.5, 0.6) is 5.75 Å². The smallest absolute Gasteiger partial charge is 0.264 e. The lowest BCUT2D eigenvalue weighted by Crippen LogP contribution is -2.53. The Kier molecular flexibility index (Phi) is 7.19. The monoisotopic (exact) mass is 517 g/mol. The summed E-state index contributed by atoms with van der Waals surface area (Å²) in [5.41, 5.74) is 2.73. The largest absolute Gasteiger partial charge is 0.497 e. The van der Waals surface area contributed by atoms with Gasteiger partial charge in [0.1, 0.15) is 17.9 Å². The van der Waals surface area contributed by atoms with Crippen LogP contribution in [-0.4, -0.2) is 48.0 Å². The highest BCUT2D eigenvalue weighted by molar-refractivity contribution is 7.89. The number of methoxy groups -OCH3 is 1. The number of hydroxylamine groups is 1. The van der Waals surface area contributed by atoms with Crippen molar-refractivity contribution < 1.29 is 33.1 Å². The zero-order chi connectivity index (χ0) is 25.2. The Bertz CT molecular complexity index is 1320. The van der Waals surface area contributed by atoms with Crippen molar-refractivity contribution >= 4 is 33.2 Å². The number of amides is 2. The van der Waals surface area contributed by atoms with Crippen LogP contribution in [0.2, 0.25) is 0 Å². The van der Waals surface area contributed by atoms with E-state index in [1.54, 1.807) is 0 Å². The van der Waals surface area contributed by atoms with Crippen molar-refractivity contribution in [1.29, 1.82) is 0 Å². The fourth-order valence-corrected chi connectivity index (χ4v) is 6.50. The molecule has 184 valence electrons. The van der Waals surface area contributed by atoms with Gasteiger partial charge >= 0.3 is 0 Å². The molecule has 35 heavy (non-hydrogen) atoms. The summed E-state index contributed by atoms with van der Waals surface area (Å²) in [6, 6.07) is 14.7. The molecule has 2 amide bonds. The quantitative estimate of drug-likeness (QED) is 0.276. The second kappa shape index (κ2) is 10.1. The number of aliphatic hydroxyl groups is 1. The zero-order valence-corrected chi connectivity index (χ0v) is 20.2. The van der Waals surface area contributed by atoms with E-state index < -0.39 is 34.0 Å². The van der Waals surface area contributed by atoms with Gasteiger partial charge in [-0.1, -0.05) is 30.3 Å². The predicted octanol–water partition coefficient (Wildman–Crippen LogP) is 1.80. The highest BCUT2D eigenvalue weighted by Crippen LogP contribution is 2.40. The number of hydrogen-bond acceptors (Lipinski definition) is 8. The van der Waals surface area contributed by atoms with Crippen molar-refractivity contribution in [2.24, 2.45) is 0 Å². The summed E-state index contributed by atoms with van der Waals surface area (Å²) >= 11 is 0.970. The van der Waals surface area contributed by atoms with E-state index >= 15 is 0 Å². The second-order valence-electron chi connectivity index (χ2n) is 7.76. The van der Waals surface area contributed by atoms with Gasteiger partial charge in [-0.3, -0.25) is 14.8 Å². The second-order valence-corrected chi connectivity index (χ2v) is 10.7. The van der Waals surface area contributed by atoms with Crippen LogP contribution < -0.4 is 15.5 Å². The van der Waals surface area contributed by atoms with Crippen LogP contribution in [0.1, 0.15) is 31.8 Å². The number of hydrogen-bond donors (Lipinski definition) is 4. The summed E-state index contributed by atoms with van der Waals surface area (Å²) in [4.78, 5) is 25.6. The normalized spacial score (nSPS) is 17.9. The highest BCUT2D eigenvalue weighted by Gasteiger charge is 2.46. The molecular weight excluding hydrogens is 494 g/mol. The zero-order valence-electron chi connectivity index (χ0n) is 18.5. The Balaban J connectivity index is 1.64. The van der Waals surface area contributed by atoms with E-state index in [1.165, 1.54) is 42.9 Å². The molecule has 0 aliphatic carbocycles. The lowest BCUT2D eigenvalue weighted by Gasteiger charge is -2.36. The maximum atomic E-state index is 13.4. The number of sulfonamides is 1. The van der Waals surface area contributed by atoms with Crippen LogP contribution >= 0.6 is 11.3 Å². The van der Waals surface area contributed by atoms with Crippen LogP contribution in [-0.2, 0) is 27.9 Å². The SMILES string of the molecule is COc1ccc(S(=O)(=O)N2Cc3cc(C(=O)NCc4ccccc4)sc3[C@H](O)[C@@H]2C(=O)NO)cc1. The molecule has 0 unspecified atom stereocenters. The first-order valence-corrected chi connectivity index (χ1v) is 12.7. The molecule has 2 aromatic carbocycles. The molecule has 0 saturated heterocycles. The number of benzene rings is 2. The summed E-state index contributed by atoms with van der Waals surface area (Å²) in [5, 5.41) is 23.0. The topological polar surface area (TPSA) is 145 Å². The van der Waals surface area contributed by atoms with Crippen LogP contribution in [0.4, 0.5) is 0 Å². The van der Waals surface area contributed by atoms with Gasteiger partial charge in [-0.2, -0.15) is 4.31 Å². The standard InChI is InChI=1S/C23H23N3O7S2/c1-33-16-7-9-17(10-8-16)35(31,32)26-13-15-11-18(22(28)24-12-14-5-3-2-4-6-14)34-21(15)20(27)19(26)23(29)25-30/h2-11,19-20,27,30H,12-13H2,1H3,(H,24,28)(H,25,29)/t19-,20-/m1/s1. The molecule has 0 spiro atoms. The van der Waals surface area contributed by atoms with E-state index in [1.807, 2.05) is 30.3 Å². The lowest BCUT2D eigenvalue weighted by molar-refractivity contribution is -0.137. The molecule has 0 fully saturated rings. The van der Waals surface area contributed by atoms with Gasteiger partial charge in [0, 0.05) is 18.0 Å². The Morgan fingerprint density at radius 3 is 2.46 bits per heavy atom. The molecule has 0 radical (unpaired) electrons. The van der Waals surface area contributed by atoms with Gasteiger partial charge in [-0.15, -0.1) is 11.3 Å². The number of rotatable bonds is 7. The number of aliphatic hydroxyl groups excluding tert-OH is 1. The number of nitrogens with zero attached hydrogens (tertiary/aromatic N) is 1. The number of ether oxygens (including phenoxy) is 1. The van der Waals surface area contributed by atoms with Crippen LogP contribution in [0.15, 0.2) is 65.6 Å². The number of fused-ring (bicyclic) bond motifs is 1. The van der Waals surface area contributed by atoms with E-state index in [0.29, 0.717) is 11.3 Å². The van der Waals surface area contributed by atoms with Gasteiger partial charge in [0.15, 0.2) is 0 Å². The van der Waals surface area contributed by atoms with Gasteiger partial charge in [0.05, 0.1) is 16.9 Å². The molecule has 2 atom stereocenters. The third-order valence-electron chi connectivity index (χ3n) is 5.61. The van der Waals surface area contributed by atoms with Crippen LogP contribution in [0.3, 0.4) is 0 Å². The fraction of sp³-hybridized carbons (Fsp3) is 0.217. The van der Waals surface area contributed by atoms with E-state index in [0.717, 1.165) is 21.2 Å². The van der Waals surface area contributed by atoms with Crippen molar-refractivity contribution in [3.63, 3.8) is 0 Å². The highest BCUT2D eigenvalue weighted by atomic mass is 32.2.